The quantitative estimate of drug-likeness (QED) is 0.808. The molecule has 72 valence electrons. The average molecular weight is 208 g/mol. The summed E-state index contributed by atoms with van der Waals surface area (Å²) in [6.45, 7) is 0.975. The summed E-state index contributed by atoms with van der Waals surface area (Å²) in [6.07, 6.45) is -1.40. The second-order valence-corrected chi connectivity index (χ2v) is 2.96. The summed E-state index contributed by atoms with van der Waals surface area (Å²) in [6, 6.07) is 0. The Labute approximate surface area is 79.2 Å². The summed E-state index contributed by atoms with van der Waals surface area (Å²) in [5.74, 6) is 0. The fraction of sp³-hybridized carbons (Fsp3) is 0.375. The van der Waals surface area contributed by atoms with Crippen LogP contribution in [0.15, 0.2) is 6.20 Å². The first-order chi connectivity index (χ1) is 6.07. The third-order valence-electron chi connectivity index (χ3n) is 1.77. The van der Waals surface area contributed by atoms with Crippen molar-refractivity contribution in [2.24, 2.45) is 0 Å². The second-order valence-electron chi connectivity index (χ2n) is 2.55. The number of aliphatic hydroxyl groups excluding tert-OH is 1. The number of aliphatic hydroxyl groups is 1. The zero-order valence-corrected chi connectivity index (χ0v) is 7.65. The lowest BCUT2D eigenvalue weighted by Crippen LogP contribution is -2.01. The van der Waals surface area contributed by atoms with Gasteiger partial charge in [0.2, 0.25) is 0 Å². The second kappa shape index (κ2) is 3.98. The third-order valence-corrected chi connectivity index (χ3v) is 2.16. The van der Waals surface area contributed by atoms with Gasteiger partial charge in [-0.2, -0.15) is 0 Å². The molecule has 0 radical (unpaired) electrons. The van der Waals surface area contributed by atoms with Crippen molar-refractivity contribution in [2.75, 3.05) is 0 Å². The first-order valence-corrected chi connectivity index (χ1v) is 3.98. The highest BCUT2D eigenvalue weighted by molar-refractivity contribution is 6.31. The molecule has 1 N–H and O–H groups in total. The lowest BCUT2D eigenvalue weighted by molar-refractivity contribution is 0.145. The van der Waals surface area contributed by atoms with E-state index in [1.807, 2.05) is 0 Å². The van der Waals surface area contributed by atoms with Crippen molar-refractivity contribution >= 4 is 11.6 Å². The number of hydrogen-bond acceptors (Lipinski definition) is 2. The molecule has 1 rings (SSSR count). The van der Waals surface area contributed by atoms with E-state index >= 15 is 0 Å². The number of alkyl halides is 2. The van der Waals surface area contributed by atoms with Crippen molar-refractivity contribution in [3.63, 3.8) is 0 Å². The topological polar surface area (TPSA) is 33.1 Å². The Morgan fingerprint density at radius 3 is 2.69 bits per heavy atom. The molecule has 0 aliphatic carbocycles. The number of aromatic nitrogens is 1. The molecule has 13 heavy (non-hydrogen) atoms. The van der Waals surface area contributed by atoms with Gasteiger partial charge in [0.1, 0.15) is 0 Å². The van der Waals surface area contributed by atoms with Crippen molar-refractivity contribution in [2.45, 2.75) is 20.0 Å². The maximum absolute atomic E-state index is 12.4. The predicted octanol–water partition coefficient (Wildman–Crippen LogP) is 2.47. The SMILES string of the molecule is Cc1c(Cl)cnc(CO)c1C(F)F. The average Bonchev–Trinajstić information content (AvgIpc) is 2.08. The minimum absolute atomic E-state index is 0.0168. The van der Waals surface area contributed by atoms with Crippen LogP contribution in [0.5, 0.6) is 0 Å². The van der Waals surface area contributed by atoms with E-state index in [4.69, 9.17) is 16.7 Å². The predicted molar refractivity (Wildman–Crippen MR) is 44.9 cm³/mol. The van der Waals surface area contributed by atoms with E-state index < -0.39 is 13.0 Å². The number of pyridine rings is 1. The Hall–Kier alpha value is -0.740. The standard InChI is InChI=1S/C8H8ClF2NO/c1-4-5(9)2-12-6(3-13)7(4)8(10)11/h2,8,13H,3H2,1H3. The summed E-state index contributed by atoms with van der Waals surface area (Å²) in [7, 11) is 0. The molecular formula is C8H8ClF2NO. The zero-order valence-electron chi connectivity index (χ0n) is 6.89. The lowest BCUT2D eigenvalue weighted by Gasteiger charge is -2.09. The summed E-state index contributed by atoms with van der Waals surface area (Å²) in [4.78, 5) is 3.62. The minimum atomic E-state index is -2.66. The summed E-state index contributed by atoms with van der Waals surface area (Å²) >= 11 is 5.61. The van der Waals surface area contributed by atoms with E-state index in [-0.39, 0.29) is 21.8 Å². The molecule has 5 heteroatoms. The largest absolute Gasteiger partial charge is 0.390 e. The van der Waals surface area contributed by atoms with Crippen LogP contribution in [0.3, 0.4) is 0 Å². The number of nitrogens with zero attached hydrogens (tertiary/aromatic N) is 1. The zero-order chi connectivity index (χ0) is 10.0. The van der Waals surface area contributed by atoms with Crippen molar-refractivity contribution < 1.29 is 13.9 Å². The molecule has 0 aromatic carbocycles. The molecule has 0 fully saturated rings. The van der Waals surface area contributed by atoms with Gasteiger partial charge >= 0.3 is 0 Å². The smallest absolute Gasteiger partial charge is 0.266 e. The molecule has 1 aromatic heterocycles. The van der Waals surface area contributed by atoms with E-state index in [9.17, 15) is 8.78 Å². The van der Waals surface area contributed by atoms with Crippen molar-refractivity contribution in [1.82, 2.24) is 4.98 Å². The van der Waals surface area contributed by atoms with Crippen LogP contribution in [0.1, 0.15) is 23.2 Å². The fourth-order valence-corrected chi connectivity index (χ4v) is 1.21. The van der Waals surface area contributed by atoms with Crippen LogP contribution in [0.4, 0.5) is 8.78 Å². The molecule has 0 aliphatic rings. The molecule has 0 saturated heterocycles. The molecule has 0 unspecified atom stereocenters. The third kappa shape index (κ3) is 1.95. The monoisotopic (exact) mass is 207 g/mol. The highest BCUT2D eigenvalue weighted by atomic mass is 35.5. The Morgan fingerprint density at radius 2 is 2.23 bits per heavy atom. The van der Waals surface area contributed by atoms with Crippen molar-refractivity contribution in [3.8, 4) is 0 Å². The van der Waals surface area contributed by atoms with Gasteiger partial charge in [-0.15, -0.1) is 0 Å². The van der Waals surface area contributed by atoms with E-state index in [0.717, 1.165) is 0 Å². The Bertz CT molecular complexity index is 317. The maximum Gasteiger partial charge on any atom is 0.266 e. The van der Waals surface area contributed by atoms with Crippen LogP contribution in [-0.4, -0.2) is 10.1 Å². The van der Waals surface area contributed by atoms with Gasteiger partial charge < -0.3 is 5.11 Å². The molecule has 0 saturated carbocycles. The van der Waals surface area contributed by atoms with E-state index in [1.165, 1.54) is 13.1 Å². The molecule has 0 aliphatic heterocycles. The van der Waals surface area contributed by atoms with Crippen LogP contribution in [0.25, 0.3) is 0 Å². The van der Waals surface area contributed by atoms with E-state index in [1.54, 1.807) is 0 Å². The Morgan fingerprint density at radius 1 is 1.62 bits per heavy atom. The summed E-state index contributed by atoms with van der Waals surface area (Å²) < 4.78 is 24.9. The van der Waals surface area contributed by atoms with Crippen molar-refractivity contribution in [1.29, 1.82) is 0 Å². The molecule has 0 bridgehead atoms. The highest BCUT2D eigenvalue weighted by Crippen LogP contribution is 2.29. The van der Waals surface area contributed by atoms with Gasteiger partial charge in [0.05, 0.1) is 17.3 Å². The molecule has 0 atom stereocenters. The molecular weight excluding hydrogens is 200 g/mol. The van der Waals surface area contributed by atoms with E-state index in [2.05, 4.69) is 4.98 Å². The summed E-state index contributed by atoms with van der Waals surface area (Å²) in [5.41, 5.74) is -0.0115. The van der Waals surface area contributed by atoms with Crippen LogP contribution >= 0.6 is 11.6 Å². The summed E-state index contributed by atoms with van der Waals surface area (Å²) in [5, 5.41) is 8.93. The lowest BCUT2D eigenvalue weighted by atomic mass is 10.1. The van der Waals surface area contributed by atoms with Crippen molar-refractivity contribution in [3.05, 3.63) is 28.0 Å². The molecule has 2 nitrogen and oxygen atoms in total. The van der Waals surface area contributed by atoms with Gasteiger partial charge in [-0.3, -0.25) is 4.98 Å². The van der Waals surface area contributed by atoms with Crippen LogP contribution in [0, 0.1) is 6.92 Å². The molecule has 0 amide bonds. The van der Waals surface area contributed by atoms with E-state index in [0.29, 0.717) is 0 Å². The minimum Gasteiger partial charge on any atom is -0.390 e. The molecule has 1 heterocycles. The maximum atomic E-state index is 12.4. The Kier molecular flexibility index (Phi) is 3.17. The van der Waals surface area contributed by atoms with Crippen LogP contribution < -0.4 is 0 Å². The van der Waals surface area contributed by atoms with Gasteiger partial charge in [0.25, 0.3) is 6.43 Å². The number of rotatable bonds is 2. The van der Waals surface area contributed by atoms with Gasteiger partial charge in [0, 0.05) is 11.8 Å². The van der Waals surface area contributed by atoms with Crippen LogP contribution in [0.2, 0.25) is 5.02 Å². The normalized spacial score (nSPS) is 10.9. The van der Waals surface area contributed by atoms with Gasteiger partial charge in [-0.1, -0.05) is 11.6 Å². The molecule has 1 aromatic rings. The fourth-order valence-electron chi connectivity index (χ4n) is 1.06. The first-order valence-electron chi connectivity index (χ1n) is 3.60. The number of halogens is 3. The van der Waals surface area contributed by atoms with Gasteiger partial charge in [-0.05, 0) is 12.5 Å². The Balaban J connectivity index is 3.32. The first kappa shape index (κ1) is 10.3. The number of hydrogen-bond donors (Lipinski definition) is 1. The van der Waals surface area contributed by atoms with Gasteiger partial charge in [0.15, 0.2) is 0 Å². The van der Waals surface area contributed by atoms with Crippen LogP contribution in [-0.2, 0) is 6.61 Å². The molecule has 0 spiro atoms. The van der Waals surface area contributed by atoms with Gasteiger partial charge in [-0.25, -0.2) is 8.78 Å². The highest BCUT2D eigenvalue weighted by Gasteiger charge is 2.18.